The number of rotatable bonds is 7. The maximum Gasteiger partial charge on any atom is 0.408 e. The van der Waals surface area contributed by atoms with E-state index in [2.05, 4.69) is 22.5 Å². The molecule has 0 aromatic rings. The molecule has 0 bridgehead atoms. The lowest BCUT2D eigenvalue weighted by Gasteiger charge is -2.44. The number of hydrogen-bond acceptors (Lipinski definition) is 5. The number of hydrogen-bond donors (Lipinski definition) is 2. The van der Waals surface area contributed by atoms with E-state index in [0.29, 0.717) is 6.73 Å². The largest absolute Gasteiger partial charge is 0.444 e. The van der Waals surface area contributed by atoms with Crippen LogP contribution < -0.4 is 10.6 Å². The van der Waals surface area contributed by atoms with Gasteiger partial charge >= 0.3 is 6.09 Å². The Bertz CT molecular complexity index is 393. The van der Waals surface area contributed by atoms with Crippen molar-refractivity contribution in [2.75, 3.05) is 13.8 Å². The van der Waals surface area contributed by atoms with Crippen molar-refractivity contribution in [1.29, 1.82) is 0 Å². The fourth-order valence-corrected chi connectivity index (χ4v) is 2.64. The van der Waals surface area contributed by atoms with Crippen molar-refractivity contribution in [3.05, 3.63) is 12.4 Å². The van der Waals surface area contributed by atoms with Crippen molar-refractivity contribution >= 4 is 6.09 Å². The molecule has 0 radical (unpaired) electrons. The summed E-state index contributed by atoms with van der Waals surface area (Å²) in [5.74, 6) is 0. The quantitative estimate of drug-likeness (QED) is 0.757. The van der Waals surface area contributed by atoms with Crippen LogP contribution in [0.5, 0.6) is 0 Å². The van der Waals surface area contributed by atoms with Crippen LogP contribution in [0.4, 0.5) is 4.79 Å². The fourth-order valence-electron chi connectivity index (χ4n) is 2.64. The van der Waals surface area contributed by atoms with E-state index in [4.69, 9.17) is 9.47 Å². The Labute approximate surface area is 134 Å². The SMILES string of the molecule is CCCCC1(C(C)NC(=O)OC(C)(C)C)NC=CN1COC. The van der Waals surface area contributed by atoms with E-state index < -0.39 is 11.7 Å². The number of carbonyl (C=O) groups excluding carboxylic acids is 1. The van der Waals surface area contributed by atoms with E-state index in [1.165, 1.54) is 0 Å². The van der Waals surface area contributed by atoms with Crippen LogP contribution in [0.3, 0.4) is 0 Å². The highest BCUT2D eigenvalue weighted by Gasteiger charge is 2.43. The van der Waals surface area contributed by atoms with Crippen molar-refractivity contribution < 1.29 is 14.3 Å². The minimum Gasteiger partial charge on any atom is -0.444 e. The maximum atomic E-state index is 12.1. The van der Waals surface area contributed by atoms with Crippen molar-refractivity contribution in [1.82, 2.24) is 15.5 Å². The van der Waals surface area contributed by atoms with Crippen molar-refractivity contribution in [2.24, 2.45) is 0 Å². The van der Waals surface area contributed by atoms with E-state index >= 15 is 0 Å². The van der Waals surface area contributed by atoms with Crippen LogP contribution in [0.2, 0.25) is 0 Å². The topological polar surface area (TPSA) is 62.8 Å². The molecule has 1 aliphatic rings. The highest BCUT2D eigenvalue weighted by Crippen LogP contribution is 2.28. The number of nitrogens with zero attached hydrogens (tertiary/aromatic N) is 1. The first kappa shape index (κ1) is 18.6. The molecule has 0 spiro atoms. The smallest absolute Gasteiger partial charge is 0.408 e. The Morgan fingerprint density at radius 2 is 2.14 bits per heavy atom. The van der Waals surface area contributed by atoms with Gasteiger partial charge in [0.2, 0.25) is 0 Å². The van der Waals surface area contributed by atoms with E-state index in [-0.39, 0.29) is 11.7 Å². The van der Waals surface area contributed by atoms with Gasteiger partial charge in [0.05, 0.1) is 6.04 Å². The molecule has 2 N–H and O–H groups in total. The zero-order valence-electron chi connectivity index (χ0n) is 14.7. The monoisotopic (exact) mass is 313 g/mol. The van der Waals surface area contributed by atoms with Crippen LogP contribution in [-0.2, 0) is 9.47 Å². The van der Waals surface area contributed by atoms with Crippen molar-refractivity contribution in [3.8, 4) is 0 Å². The normalized spacial score (nSPS) is 22.4. The summed E-state index contributed by atoms with van der Waals surface area (Å²) in [6, 6.07) is -0.140. The summed E-state index contributed by atoms with van der Waals surface area (Å²) in [4.78, 5) is 14.2. The first-order valence-corrected chi connectivity index (χ1v) is 7.94. The predicted molar refractivity (Wildman–Crippen MR) is 87.1 cm³/mol. The Hall–Kier alpha value is -1.43. The van der Waals surface area contributed by atoms with E-state index in [0.717, 1.165) is 19.3 Å². The summed E-state index contributed by atoms with van der Waals surface area (Å²) < 4.78 is 10.7. The van der Waals surface area contributed by atoms with E-state index in [9.17, 15) is 4.79 Å². The Kier molecular flexibility index (Phi) is 6.53. The lowest BCUT2D eigenvalue weighted by Crippen LogP contribution is -2.64. The average molecular weight is 313 g/mol. The van der Waals surface area contributed by atoms with Gasteiger partial charge in [-0.3, -0.25) is 0 Å². The van der Waals surface area contributed by atoms with E-state index in [1.807, 2.05) is 40.1 Å². The predicted octanol–water partition coefficient (Wildman–Crippen LogP) is 2.77. The average Bonchev–Trinajstić information content (AvgIpc) is 2.78. The van der Waals surface area contributed by atoms with Gasteiger partial charge in [-0.25, -0.2) is 4.79 Å². The Balaban J connectivity index is 2.80. The van der Waals surface area contributed by atoms with Crippen LogP contribution in [0.15, 0.2) is 12.4 Å². The summed E-state index contributed by atoms with van der Waals surface area (Å²) in [5.41, 5.74) is -0.892. The second kappa shape index (κ2) is 7.72. The molecule has 1 amide bonds. The zero-order valence-corrected chi connectivity index (χ0v) is 14.7. The van der Waals surface area contributed by atoms with Gasteiger partial charge in [-0.15, -0.1) is 0 Å². The summed E-state index contributed by atoms with van der Waals surface area (Å²) in [6.45, 7) is 10.2. The van der Waals surface area contributed by atoms with Gasteiger partial charge in [-0.2, -0.15) is 0 Å². The number of methoxy groups -OCH3 is 1. The van der Waals surface area contributed by atoms with Crippen LogP contribution in [0.25, 0.3) is 0 Å². The molecule has 0 aliphatic carbocycles. The standard InChI is InChI=1S/C16H31N3O3/c1-7-8-9-16(17-10-11-19(16)12-21-6)13(2)18-14(20)22-15(3,4)5/h10-11,13,17H,7-9,12H2,1-6H3,(H,18,20). The van der Waals surface area contributed by atoms with Gasteiger partial charge in [0.15, 0.2) is 0 Å². The van der Waals surface area contributed by atoms with Crippen LogP contribution in [0.1, 0.15) is 53.9 Å². The molecular weight excluding hydrogens is 282 g/mol. The van der Waals surface area contributed by atoms with Gasteiger partial charge < -0.3 is 25.0 Å². The lowest BCUT2D eigenvalue weighted by molar-refractivity contribution is -0.00834. The number of ether oxygens (including phenoxy) is 2. The molecule has 1 aliphatic heterocycles. The summed E-state index contributed by atoms with van der Waals surface area (Å²) in [6.07, 6.45) is 6.51. The number of nitrogens with one attached hydrogen (secondary N) is 2. The fraction of sp³-hybridized carbons (Fsp3) is 0.812. The van der Waals surface area contributed by atoms with Crippen molar-refractivity contribution in [3.63, 3.8) is 0 Å². The zero-order chi connectivity index (χ0) is 16.8. The van der Waals surface area contributed by atoms with Crippen molar-refractivity contribution in [2.45, 2.75) is 71.2 Å². The Morgan fingerprint density at radius 3 is 2.68 bits per heavy atom. The molecule has 22 heavy (non-hydrogen) atoms. The Morgan fingerprint density at radius 1 is 1.45 bits per heavy atom. The van der Waals surface area contributed by atoms with Gasteiger partial charge in [0.1, 0.15) is 18.0 Å². The summed E-state index contributed by atoms with van der Waals surface area (Å²) in [5, 5.41) is 6.36. The summed E-state index contributed by atoms with van der Waals surface area (Å²) >= 11 is 0. The van der Waals surface area contributed by atoms with Gasteiger partial charge in [-0.05, 0) is 40.5 Å². The molecule has 1 rings (SSSR count). The van der Waals surface area contributed by atoms with Gasteiger partial charge in [-0.1, -0.05) is 13.3 Å². The van der Waals surface area contributed by atoms with Crippen LogP contribution in [-0.4, -0.2) is 42.1 Å². The minimum atomic E-state index is -0.506. The van der Waals surface area contributed by atoms with Crippen LogP contribution >= 0.6 is 0 Å². The molecule has 0 fully saturated rings. The first-order valence-electron chi connectivity index (χ1n) is 7.94. The second-order valence-electron chi connectivity index (χ2n) is 6.74. The summed E-state index contributed by atoms with van der Waals surface area (Å²) in [7, 11) is 1.67. The third kappa shape index (κ3) is 4.80. The molecule has 128 valence electrons. The van der Waals surface area contributed by atoms with Gasteiger partial charge in [0.25, 0.3) is 0 Å². The number of carbonyl (C=O) groups is 1. The first-order chi connectivity index (χ1) is 10.2. The highest BCUT2D eigenvalue weighted by molar-refractivity contribution is 5.68. The minimum absolute atomic E-state index is 0.140. The molecule has 6 nitrogen and oxygen atoms in total. The lowest BCUT2D eigenvalue weighted by atomic mass is 9.94. The maximum absolute atomic E-state index is 12.1. The van der Waals surface area contributed by atoms with Crippen LogP contribution in [0, 0.1) is 0 Å². The number of unbranched alkanes of at least 4 members (excludes halogenated alkanes) is 1. The molecular formula is C16H31N3O3. The van der Waals surface area contributed by atoms with Gasteiger partial charge in [0, 0.05) is 19.5 Å². The third-order valence-electron chi connectivity index (χ3n) is 3.73. The molecule has 0 saturated heterocycles. The number of amides is 1. The molecule has 0 saturated carbocycles. The molecule has 1 heterocycles. The number of alkyl carbamates (subject to hydrolysis) is 1. The molecule has 0 aromatic heterocycles. The molecule has 2 unspecified atom stereocenters. The molecule has 6 heteroatoms. The molecule has 0 aromatic carbocycles. The highest BCUT2D eigenvalue weighted by atomic mass is 16.6. The third-order valence-corrected chi connectivity index (χ3v) is 3.73. The second-order valence-corrected chi connectivity index (χ2v) is 6.74. The molecule has 2 atom stereocenters. The van der Waals surface area contributed by atoms with E-state index in [1.54, 1.807) is 7.11 Å².